The topological polar surface area (TPSA) is 12.0 Å². The molecule has 0 spiro atoms. The van der Waals surface area contributed by atoms with Crippen molar-refractivity contribution in [1.29, 1.82) is 0 Å². The van der Waals surface area contributed by atoms with Gasteiger partial charge in [-0.1, -0.05) is 51.3 Å². The monoisotopic (exact) mass is 279 g/mol. The van der Waals surface area contributed by atoms with Gasteiger partial charge < -0.3 is 5.32 Å². The van der Waals surface area contributed by atoms with Crippen molar-refractivity contribution in [2.24, 2.45) is 11.3 Å². The SMILES string of the molecule is Cc1ccc(Cl)cc1NC1CCCCC1C(C)(C)C. The van der Waals surface area contributed by atoms with E-state index in [2.05, 4.69) is 45.1 Å². The van der Waals surface area contributed by atoms with Crippen molar-refractivity contribution in [2.75, 3.05) is 5.32 Å². The van der Waals surface area contributed by atoms with Crippen LogP contribution in [0.4, 0.5) is 5.69 Å². The van der Waals surface area contributed by atoms with Crippen molar-refractivity contribution in [2.45, 2.75) is 59.4 Å². The van der Waals surface area contributed by atoms with Crippen LogP contribution in [0.1, 0.15) is 52.0 Å². The highest BCUT2D eigenvalue weighted by Crippen LogP contribution is 2.39. The summed E-state index contributed by atoms with van der Waals surface area (Å²) >= 11 is 6.12. The van der Waals surface area contributed by atoms with Crippen LogP contribution in [0.2, 0.25) is 5.02 Å². The molecule has 2 heteroatoms. The molecule has 1 saturated carbocycles. The number of benzene rings is 1. The Morgan fingerprint density at radius 2 is 1.84 bits per heavy atom. The van der Waals surface area contributed by atoms with E-state index in [-0.39, 0.29) is 0 Å². The van der Waals surface area contributed by atoms with Gasteiger partial charge in [0.05, 0.1) is 0 Å². The summed E-state index contributed by atoms with van der Waals surface area (Å²) in [5.41, 5.74) is 2.85. The zero-order valence-corrected chi connectivity index (χ0v) is 13.3. The Kier molecular flexibility index (Phi) is 4.45. The van der Waals surface area contributed by atoms with Gasteiger partial charge in [0.2, 0.25) is 0 Å². The molecule has 0 saturated heterocycles. The van der Waals surface area contributed by atoms with Crippen LogP contribution in [0, 0.1) is 18.3 Å². The summed E-state index contributed by atoms with van der Waals surface area (Å²) in [5.74, 6) is 0.736. The molecular formula is C17H26ClN. The quantitative estimate of drug-likeness (QED) is 0.736. The highest BCUT2D eigenvalue weighted by atomic mass is 35.5. The van der Waals surface area contributed by atoms with Gasteiger partial charge in [-0.15, -0.1) is 0 Å². The Bertz CT molecular complexity index is 433. The van der Waals surface area contributed by atoms with E-state index in [1.807, 2.05) is 6.07 Å². The Morgan fingerprint density at radius 1 is 1.16 bits per heavy atom. The molecule has 0 bridgehead atoms. The van der Waals surface area contributed by atoms with Crippen molar-refractivity contribution in [3.8, 4) is 0 Å². The highest BCUT2D eigenvalue weighted by molar-refractivity contribution is 6.30. The molecule has 1 N–H and O–H groups in total. The van der Waals surface area contributed by atoms with Gasteiger partial charge in [-0.05, 0) is 48.8 Å². The molecule has 0 aliphatic heterocycles. The zero-order valence-electron chi connectivity index (χ0n) is 12.6. The predicted octanol–water partition coefficient (Wildman–Crippen LogP) is 5.67. The van der Waals surface area contributed by atoms with Gasteiger partial charge in [-0.2, -0.15) is 0 Å². The van der Waals surface area contributed by atoms with Gasteiger partial charge >= 0.3 is 0 Å². The number of anilines is 1. The van der Waals surface area contributed by atoms with Crippen molar-refractivity contribution in [3.05, 3.63) is 28.8 Å². The van der Waals surface area contributed by atoms with E-state index in [1.165, 1.54) is 36.9 Å². The molecule has 2 atom stereocenters. The van der Waals surface area contributed by atoms with Crippen LogP contribution < -0.4 is 5.32 Å². The standard InChI is InChI=1S/C17H26ClN/c1-12-9-10-13(18)11-16(12)19-15-8-6-5-7-14(15)17(2,3)4/h9-11,14-15,19H,5-8H2,1-4H3. The second kappa shape index (κ2) is 5.75. The van der Waals surface area contributed by atoms with Crippen LogP contribution in [0.25, 0.3) is 0 Å². The van der Waals surface area contributed by atoms with Gasteiger partial charge in [-0.25, -0.2) is 0 Å². The molecule has 106 valence electrons. The van der Waals surface area contributed by atoms with Crippen LogP contribution in [-0.2, 0) is 0 Å². The molecule has 0 aromatic heterocycles. The van der Waals surface area contributed by atoms with Gasteiger partial charge in [0.1, 0.15) is 0 Å². The number of rotatable bonds is 2. The van der Waals surface area contributed by atoms with Crippen LogP contribution in [0.15, 0.2) is 18.2 Å². The Morgan fingerprint density at radius 3 is 2.53 bits per heavy atom. The minimum atomic E-state index is 0.366. The van der Waals surface area contributed by atoms with Gasteiger partial charge in [0.15, 0.2) is 0 Å². The Labute approximate surface area is 122 Å². The molecule has 1 aromatic rings. The molecule has 0 radical (unpaired) electrons. The zero-order chi connectivity index (χ0) is 14.0. The number of nitrogens with one attached hydrogen (secondary N) is 1. The van der Waals surface area contributed by atoms with E-state index in [0.29, 0.717) is 11.5 Å². The molecule has 1 aromatic carbocycles. The fourth-order valence-corrected chi connectivity index (χ4v) is 3.46. The first-order chi connectivity index (χ1) is 8.88. The summed E-state index contributed by atoms with van der Waals surface area (Å²) in [6.45, 7) is 9.24. The molecule has 2 rings (SSSR count). The van der Waals surface area contributed by atoms with Gasteiger partial charge in [-0.3, -0.25) is 0 Å². The number of halogens is 1. The molecule has 1 fully saturated rings. The molecule has 0 heterocycles. The van der Waals surface area contributed by atoms with E-state index >= 15 is 0 Å². The molecule has 2 unspecified atom stereocenters. The highest BCUT2D eigenvalue weighted by Gasteiger charge is 2.34. The fourth-order valence-electron chi connectivity index (χ4n) is 3.29. The van der Waals surface area contributed by atoms with Crippen LogP contribution >= 0.6 is 11.6 Å². The summed E-state index contributed by atoms with van der Waals surface area (Å²) < 4.78 is 0. The molecule has 1 nitrogen and oxygen atoms in total. The average molecular weight is 280 g/mol. The lowest BCUT2D eigenvalue weighted by molar-refractivity contribution is 0.163. The summed E-state index contributed by atoms with van der Waals surface area (Å²) in [7, 11) is 0. The summed E-state index contributed by atoms with van der Waals surface area (Å²) in [6, 6.07) is 6.69. The van der Waals surface area contributed by atoms with Crippen LogP contribution in [0.3, 0.4) is 0 Å². The summed E-state index contributed by atoms with van der Waals surface area (Å²) in [6.07, 6.45) is 5.31. The number of hydrogen-bond donors (Lipinski definition) is 1. The van der Waals surface area contributed by atoms with Crippen LogP contribution in [0.5, 0.6) is 0 Å². The smallest absolute Gasteiger partial charge is 0.0426 e. The van der Waals surface area contributed by atoms with Crippen molar-refractivity contribution < 1.29 is 0 Å². The fraction of sp³-hybridized carbons (Fsp3) is 0.647. The van der Waals surface area contributed by atoms with Gasteiger partial charge in [0.25, 0.3) is 0 Å². The largest absolute Gasteiger partial charge is 0.382 e. The third-order valence-electron chi connectivity index (χ3n) is 4.42. The number of hydrogen-bond acceptors (Lipinski definition) is 1. The van der Waals surface area contributed by atoms with E-state index in [4.69, 9.17) is 11.6 Å². The summed E-state index contributed by atoms with van der Waals surface area (Å²) in [5, 5.41) is 4.58. The lowest BCUT2D eigenvalue weighted by Crippen LogP contribution is -2.39. The predicted molar refractivity (Wildman–Crippen MR) is 85.0 cm³/mol. The van der Waals surface area contributed by atoms with Gasteiger partial charge in [0, 0.05) is 16.8 Å². The van der Waals surface area contributed by atoms with Crippen molar-refractivity contribution in [1.82, 2.24) is 0 Å². The molecular weight excluding hydrogens is 254 g/mol. The molecule has 1 aliphatic carbocycles. The maximum atomic E-state index is 6.12. The number of aryl methyl sites for hydroxylation is 1. The normalized spacial score (nSPS) is 24.3. The first-order valence-corrected chi connectivity index (χ1v) is 7.78. The lowest BCUT2D eigenvalue weighted by Gasteiger charge is -2.41. The Balaban J connectivity index is 2.17. The van der Waals surface area contributed by atoms with E-state index < -0.39 is 0 Å². The summed E-state index contributed by atoms with van der Waals surface area (Å²) in [4.78, 5) is 0. The molecule has 19 heavy (non-hydrogen) atoms. The minimum absolute atomic E-state index is 0.366. The van der Waals surface area contributed by atoms with Crippen molar-refractivity contribution in [3.63, 3.8) is 0 Å². The Hall–Kier alpha value is -0.690. The maximum Gasteiger partial charge on any atom is 0.0426 e. The third-order valence-corrected chi connectivity index (χ3v) is 4.65. The minimum Gasteiger partial charge on any atom is -0.382 e. The van der Waals surface area contributed by atoms with Crippen molar-refractivity contribution >= 4 is 17.3 Å². The van der Waals surface area contributed by atoms with E-state index in [0.717, 1.165) is 10.9 Å². The maximum absolute atomic E-state index is 6.12. The average Bonchev–Trinajstić information content (AvgIpc) is 2.33. The van der Waals surface area contributed by atoms with E-state index in [9.17, 15) is 0 Å². The third kappa shape index (κ3) is 3.66. The second-order valence-corrected chi connectivity index (χ2v) is 7.40. The molecule has 1 aliphatic rings. The second-order valence-electron chi connectivity index (χ2n) is 6.97. The first-order valence-electron chi connectivity index (χ1n) is 7.40. The first kappa shape index (κ1) is 14.7. The lowest BCUT2D eigenvalue weighted by atomic mass is 9.69. The van der Waals surface area contributed by atoms with Crippen LogP contribution in [-0.4, -0.2) is 6.04 Å². The molecule has 0 amide bonds. The van der Waals surface area contributed by atoms with E-state index in [1.54, 1.807) is 0 Å².